The zero-order valence-electron chi connectivity index (χ0n) is 12.9. The van der Waals surface area contributed by atoms with Crippen LogP contribution in [0.4, 0.5) is 24.7 Å². The van der Waals surface area contributed by atoms with Gasteiger partial charge in [-0.3, -0.25) is 0 Å². The van der Waals surface area contributed by atoms with Crippen molar-refractivity contribution in [2.75, 3.05) is 23.3 Å². The summed E-state index contributed by atoms with van der Waals surface area (Å²) in [6.45, 7) is 5.70. The summed E-state index contributed by atoms with van der Waals surface area (Å²) in [5.74, 6) is 0.738. The number of hydrogen-bond acceptors (Lipinski definition) is 3. The maximum atomic E-state index is 13.0. The highest BCUT2D eigenvalue weighted by Crippen LogP contribution is 2.39. The van der Waals surface area contributed by atoms with E-state index in [1.54, 1.807) is 12.1 Å². The average molecular weight is 331 g/mol. The highest BCUT2D eigenvalue weighted by molar-refractivity contribution is 5.81. The molecule has 0 unspecified atom stereocenters. The van der Waals surface area contributed by atoms with Crippen molar-refractivity contribution in [3.05, 3.63) is 48.0 Å². The van der Waals surface area contributed by atoms with E-state index in [1.807, 2.05) is 6.07 Å². The van der Waals surface area contributed by atoms with E-state index in [4.69, 9.17) is 0 Å². The minimum Gasteiger partial charge on any atom is -0.366 e. The van der Waals surface area contributed by atoms with Crippen LogP contribution in [0, 0.1) is 0 Å². The van der Waals surface area contributed by atoms with E-state index in [1.165, 1.54) is 6.07 Å². The molecule has 4 rings (SSSR count). The van der Waals surface area contributed by atoms with Crippen LogP contribution in [-0.4, -0.2) is 24.1 Å². The van der Waals surface area contributed by atoms with Crippen molar-refractivity contribution in [2.24, 2.45) is 0 Å². The molecule has 24 heavy (non-hydrogen) atoms. The predicted octanol–water partition coefficient (Wildman–Crippen LogP) is 4.41. The van der Waals surface area contributed by atoms with Gasteiger partial charge in [0.25, 0.3) is 0 Å². The van der Waals surface area contributed by atoms with Crippen LogP contribution in [0.2, 0.25) is 0 Å². The van der Waals surface area contributed by atoms with E-state index in [2.05, 4.69) is 21.8 Å². The number of alkyl halides is 3. The maximum absolute atomic E-state index is 13.0. The number of aromatic nitrogens is 1. The first kappa shape index (κ1) is 15.1. The monoisotopic (exact) mass is 331 g/mol. The van der Waals surface area contributed by atoms with Crippen LogP contribution in [0.15, 0.2) is 36.9 Å². The van der Waals surface area contributed by atoms with Crippen molar-refractivity contribution in [2.45, 2.75) is 18.6 Å². The molecule has 0 saturated carbocycles. The lowest BCUT2D eigenvalue weighted by atomic mass is 10.0. The number of fused-ring (bicyclic) bond motifs is 4. The Kier molecular flexibility index (Phi) is 3.30. The highest BCUT2D eigenvalue weighted by Gasteiger charge is 2.33. The minimum atomic E-state index is -4.37. The van der Waals surface area contributed by atoms with Crippen LogP contribution >= 0.6 is 0 Å². The predicted molar refractivity (Wildman–Crippen MR) is 89.0 cm³/mol. The lowest BCUT2D eigenvalue weighted by Gasteiger charge is -2.28. The molecule has 3 heterocycles. The van der Waals surface area contributed by atoms with Crippen molar-refractivity contribution in [1.82, 2.24) is 4.98 Å². The van der Waals surface area contributed by atoms with Gasteiger partial charge in [-0.2, -0.15) is 13.2 Å². The molecule has 0 spiro atoms. The number of hydrogen-bond donors (Lipinski definition) is 1. The molecule has 124 valence electrons. The SMILES string of the molecule is C=Cc1cc2c(nc1-c1cccc(C(F)(F)F)c1)N[C@H]1CCN2C1. The van der Waals surface area contributed by atoms with Gasteiger partial charge in [0.15, 0.2) is 5.82 Å². The smallest absolute Gasteiger partial charge is 0.366 e. The second-order valence-electron chi connectivity index (χ2n) is 6.15. The van der Waals surface area contributed by atoms with Gasteiger partial charge < -0.3 is 10.2 Å². The summed E-state index contributed by atoms with van der Waals surface area (Å²) < 4.78 is 39.0. The molecule has 3 nitrogen and oxygen atoms in total. The molecule has 2 bridgehead atoms. The first-order valence-corrected chi connectivity index (χ1v) is 7.82. The summed E-state index contributed by atoms with van der Waals surface area (Å²) in [4.78, 5) is 6.88. The second-order valence-corrected chi connectivity index (χ2v) is 6.15. The molecule has 1 aromatic carbocycles. The Morgan fingerprint density at radius 3 is 2.88 bits per heavy atom. The first-order chi connectivity index (χ1) is 11.5. The molecule has 0 radical (unpaired) electrons. The van der Waals surface area contributed by atoms with Gasteiger partial charge in [-0.15, -0.1) is 0 Å². The second kappa shape index (κ2) is 5.26. The molecule has 0 amide bonds. The number of anilines is 2. The number of pyridine rings is 1. The van der Waals surface area contributed by atoms with Gasteiger partial charge in [-0.25, -0.2) is 4.98 Å². The first-order valence-electron chi connectivity index (χ1n) is 7.82. The van der Waals surface area contributed by atoms with Crippen LogP contribution in [0.5, 0.6) is 0 Å². The van der Waals surface area contributed by atoms with E-state index in [0.717, 1.165) is 48.7 Å². The largest absolute Gasteiger partial charge is 0.416 e. The molecule has 1 N–H and O–H groups in total. The number of nitrogens with one attached hydrogen (secondary N) is 1. The molecule has 0 aliphatic carbocycles. The van der Waals surface area contributed by atoms with E-state index >= 15 is 0 Å². The fraction of sp³-hybridized carbons (Fsp3) is 0.278. The third kappa shape index (κ3) is 2.42. The Morgan fingerprint density at radius 1 is 1.29 bits per heavy atom. The van der Waals surface area contributed by atoms with Crippen molar-refractivity contribution >= 4 is 17.6 Å². The van der Waals surface area contributed by atoms with Crippen LogP contribution in [0.3, 0.4) is 0 Å². The average Bonchev–Trinajstić information content (AvgIpc) is 2.96. The minimum absolute atomic E-state index is 0.356. The van der Waals surface area contributed by atoms with E-state index < -0.39 is 11.7 Å². The van der Waals surface area contributed by atoms with E-state index in [-0.39, 0.29) is 0 Å². The quantitative estimate of drug-likeness (QED) is 0.883. The van der Waals surface area contributed by atoms with Crippen molar-refractivity contribution in [1.29, 1.82) is 0 Å². The summed E-state index contributed by atoms with van der Waals surface area (Å²) in [5.41, 5.74) is 2.02. The summed E-state index contributed by atoms with van der Waals surface area (Å²) >= 11 is 0. The van der Waals surface area contributed by atoms with Gasteiger partial charge in [0, 0.05) is 30.3 Å². The molecule has 1 aromatic heterocycles. The third-order valence-electron chi connectivity index (χ3n) is 4.58. The van der Waals surface area contributed by atoms with Gasteiger partial charge in [0.1, 0.15) is 0 Å². The number of halogens is 3. The van der Waals surface area contributed by atoms with Gasteiger partial charge in [-0.05, 0) is 24.6 Å². The van der Waals surface area contributed by atoms with E-state index in [9.17, 15) is 13.2 Å². The number of nitrogens with zero attached hydrogens (tertiary/aromatic N) is 2. The molecule has 1 fully saturated rings. The summed E-state index contributed by atoms with van der Waals surface area (Å²) in [6.07, 6.45) is -1.69. The van der Waals surface area contributed by atoms with Gasteiger partial charge in [0.2, 0.25) is 0 Å². The number of rotatable bonds is 2. The van der Waals surface area contributed by atoms with Crippen LogP contribution in [0.25, 0.3) is 17.3 Å². The summed E-state index contributed by atoms with van der Waals surface area (Å²) in [6, 6.07) is 7.58. The van der Waals surface area contributed by atoms with Gasteiger partial charge >= 0.3 is 6.18 Å². The van der Waals surface area contributed by atoms with Gasteiger partial charge in [0.05, 0.1) is 16.9 Å². The lowest BCUT2D eigenvalue weighted by Crippen LogP contribution is -2.32. The standard InChI is InChI=1S/C18H16F3N3/c1-2-11-9-15-17(22-14-6-7-24(15)10-14)23-16(11)12-4-3-5-13(8-12)18(19,20)21/h2-5,8-9,14H,1,6-7,10H2,(H,22,23)/t14-/m0/s1. The normalized spacial score (nSPS) is 19.0. The van der Waals surface area contributed by atoms with Crippen molar-refractivity contribution in [3.8, 4) is 11.3 Å². The zero-order valence-corrected chi connectivity index (χ0v) is 12.9. The molecule has 2 aliphatic heterocycles. The Hall–Kier alpha value is -2.50. The topological polar surface area (TPSA) is 28.2 Å². The Labute approximate surface area is 137 Å². The van der Waals surface area contributed by atoms with Crippen LogP contribution < -0.4 is 10.2 Å². The molecular weight excluding hydrogens is 315 g/mol. The molecule has 2 aliphatic rings. The third-order valence-corrected chi connectivity index (χ3v) is 4.58. The fourth-order valence-electron chi connectivity index (χ4n) is 3.38. The number of benzene rings is 1. The molecule has 1 saturated heterocycles. The van der Waals surface area contributed by atoms with E-state index in [0.29, 0.717) is 17.3 Å². The fourth-order valence-corrected chi connectivity index (χ4v) is 3.38. The Balaban J connectivity index is 1.84. The molecular formula is C18H16F3N3. The van der Waals surface area contributed by atoms with Crippen molar-refractivity contribution < 1.29 is 13.2 Å². The lowest BCUT2D eigenvalue weighted by molar-refractivity contribution is -0.137. The zero-order chi connectivity index (χ0) is 16.9. The van der Waals surface area contributed by atoms with Crippen molar-refractivity contribution in [3.63, 3.8) is 0 Å². The highest BCUT2D eigenvalue weighted by atomic mass is 19.4. The Bertz CT molecular complexity index is 814. The molecule has 6 heteroatoms. The molecule has 2 aromatic rings. The summed E-state index contributed by atoms with van der Waals surface area (Å²) in [5, 5.41) is 3.39. The molecule has 1 atom stereocenters. The Morgan fingerprint density at radius 2 is 2.12 bits per heavy atom. The van der Waals surface area contributed by atoms with Gasteiger partial charge in [-0.1, -0.05) is 24.8 Å². The summed E-state index contributed by atoms with van der Waals surface area (Å²) in [7, 11) is 0. The van der Waals surface area contributed by atoms with Crippen LogP contribution in [-0.2, 0) is 6.18 Å². The van der Waals surface area contributed by atoms with Crippen LogP contribution in [0.1, 0.15) is 17.5 Å². The maximum Gasteiger partial charge on any atom is 0.416 e.